The molecule has 0 spiro atoms. The zero-order valence-electron chi connectivity index (χ0n) is 60.7. The highest BCUT2D eigenvalue weighted by Crippen LogP contribution is 2.47. The van der Waals surface area contributed by atoms with Gasteiger partial charge in [0.2, 0.25) is 17.3 Å². The van der Waals surface area contributed by atoms with E-state index in [9.17, 15) is 68.8 Å². The summed E-state index contributed by atoms with van der Waals surface area (Å²) in [7, 11) is -12.4. The predicted octanol–water partition coefficient (Wildman–Crippen LogP) is 8.13. The van der Waals surface area contributed by atoms with Crippen LogP contribution in [0.1, 0.15) is 151 Å². The molecular weight excluding hydrogens is 1770 g/mol. The van der Waals surface area contributed by atoms with Gasteiger partial charge in [-0.3, -0.25) is 26.9 Å². The van der Waals surface area contributed by atoms with Gasteiger partial charge < -0.3 is 51.2 Å². The van der Waals surface area contributed by atoms with Crippen LogP contribution in [0.2, 0.25) is 14.5 Å². The lowest BCUT2D eigenvalue weighted by atomic mass is 9.91. The van der Waals surface area contributed by atoms with Crippen molar-refractivity contribution in [1.82, 2.24) is 40.2 Å². The minimum atomic E-state index is -4.20. The van der Waals surface area contributed by atoms with Crippen molar-refractivity contribution in [2.45, 2.75) is 119 Å². The minimum absolute atomic E-state index is 0.00481. The van der Waals surface area contributed by atoms with Crippen LogP contribution >= 0.6 is 84.7 Å². The molecule has 0 saturated heterocycles. The number of ether oxygens (including phenoxy) is 2. The summed E-state index contributed by atoms with van der Waals surface area (Å²) in [5.41, 5.74) is 7.00. The lowest BCUT2D eigenvalue weighted by Crippen LogP contribution is -2.36. The molecule has 6 aliphatic rings. The van der Waals surface area contributed by atoms with Crippen molar-refractivity contribution in [3.8, 4) is 0 Å². The normalized spacial score (nSPS) is 24.2. The standard InChI is InChI=1S/C24H25BrClN5O6S2.C24H24ClF2N5O6S2.C24H25ClN4O6S2/c25-13-2-1-11-3-4-29-19(14(11)6-13)15-7-18(38-23(15)26)21(33)16-8-28-10-30-24(16)31-17-5-12(20(32)22(17)34)9-37-39(27,35)36;1-11-14(22-20-16(2-3-19(25)32-20)24(26,27)9-37-22)6-18(39-11)21(34)15-7-29-10-30-23(15)31-13-4-12(17(33)5-13)8-38-40(28,35)36;25-16-2-1-13-3-4-34-23(18(13)7-16)15-6-21(36-11-15)22(31)19-9-27-12-28-24(19)29-17-5-14(20(30)8-17)10-35-37(26,32)33/h1-2,6-8,10,12,17,19-20,22,29,32,34H,3-5,9H2,(H2,27,35,36)(H,28,30,31);2-3,6-7,10,12-13,17,22,33H,4-5,8-9H2,1H3,(H2,28,35,36)(H,29,30,31);1-2,6-7,9,11-12,14,17,20,23,30H,3-5,8,10H2,(H2,26,32,33)(H,27,28,29)/t12-,17-,19?,20-,22+;12-,13-,17+,22?;14-,17-,20+,23?/m111/s1. The first-order valence-electron chi connectivity index (χ1n) is 35.6. The Bertz CT molecular complexity index is 5540. The summed E-state index contributed by atoms with van der Waals surface area (Å²) in [6, 6.07) is 18.1. The zero-order chi connectivity index (χ0) is 82.9. The molecule has 13 atom stereocenters. The maximum Gasteiger partial charge on any atom is 0.333 e. The van der Waals surface area contributed by atoms with Gasteiger partial charge in [0.15, 0.2) is 0 Å². The van der Waals surface area contributed by atoms with E-state index in [1.165, 1.54) is 72.2 Å². The molecule has 3 unspecified atom stereocenters. The maximum absolute atomic E-state index is 14.5. The molecule has 3 aliphatic carbocycles. The first-order chi connectivity index (χ1) is 55.0. The van der Waals surface area contributed by atoms with Crippen molar-refractivity contribution < 1.29 is 90.9 Å². The van der Waals surface area contributed by atoms with Crippen molar-refractivity contribution in [3.05, 3.63) is 215 Å². The Balaban J connectivity index is 0.000000151. The van der Waals surface area contributed by atoms with Crippen LogP contribution in [0.25, 0.3) is 0 Å². The van der Waals surface area contributed by atoms with E-state index in [0.717, 1.165) is 68.8 Å². The number of rotatable bonds is 24. The molecule has 3 saturated carbocycles. The van der Waals surface area contributed by atoms with Crippen LogP contribution < -0.4 is 36.7 Å². The van der Waals surface area contributed by atoms with Gasteiger partial charge in [-0.15, -0.1) is 34.0 Å². The minimum Gasteiger partial charge on any atom is -0.393 e. The Labute approximate surface area is 698 Å². The third-order valence-electron chi connectivity index (χ3n) is 20.4. The number of thiophene rings is 3. The average Bonchev–Trinajstić information content (AvgIpc) is 1.15. The number of aliphatic hydroxyl groups excluding tert-OH is 4. The number of aromatic nitrogens is 7. The van der Waals surface area contributed by atoms with Crippen LogP contribution in [0.15, 0.2) is 114 Å². The van der Waals surface area contributed by atoms with Crippen molar-refractivity contribution in [1.29, 1.82) is 0 Å². The number of aliphatic hydroxyl groups is 4. The Morgan fingerprint density at radius 2 is 1.16 bits per heavy atom. The monoisotopic (exact) mass is 1840 g/mol. The molecule has 0 radical (unpaired) electrons. The number of hydrogen-bond donors (Lipinski definition) is 11. The molecule has 10 heterocycles. The van der Waals surface area contributed by atoms with E-state index in [1.54, 1.807) is 19.1 Å². The smallest absolute Gasteiger partial charge is 0.333 e. The van der Waals surface area contributed by atoms with Crippen LogP contribution in [-0.2, 0) is 71.7 Å². The summed E-state index contributed by atoms with van der Waals surface area (Å²) in [5.74, 6) is -5.14. The molecule has 15 rings (SSSR count). The fourth-order valence-electron chi connectivity index (χ4n) is 14.8. The molecule has 618 valence electrons. The summed E-state index contributed by atoms with van der Waals surface area (Å²) >= 11 is 26.0. The van der Waals surface area contributed by atoms with Crippen LogP contribution in [0.4, 0.5) is 26.2 Å². The van der Waals surface area contributed by atoms with E-state index in [0.29, 0.717) is 71.7 Å². The number of nitrogens with zero attached hydrogens (tertiary/aromatic N) is 7. The number of halogens is 6. The number of benzene rings is 2. The highest BCUT2D eigenvalue weighted by atomic mass is 79.9. The number of carbonyl (C=O) groups is 3. The highest BCUT2D eigenvalue weighted by molar-refractivity contribution is 9.10. The maximum atomic E-state index is 14.5. The Kier molecular flexibility index (Phi) is 27.2. The quantitative estimate of drug-likeness (QED) is 0.0201. The summed E-state index contributed by atoms with van der Waals surface area (Å²) in [4.78, 5) is 71.3. The van der Waals surface area contributed by atoms with Gasteiger partial charge in [0.05, 0.1) is 98.2 Å². The largest absolute Gasteiger partial charge is 0.393 e. The zero-order valence-corrected chi connectivity index (χ0v) is 69.4. The molecule has 116 heavy (non-hydrogen) atoms. The Hall–Kier alpha value is -7.12. The fraction of sp³-hybridized carbons (Fsp3) is 0.389. The number of pyridine rings is 1. The van der Waals surface area contributed by atoms with Gasteiger partial charge in [0.25, 0.3) is 5.92 Å². The second-order valence-electron chi connectivity index (χ2n) is 28.2. The molecule has 2 aromatic carbocycles. The Morgan fingerprint density at radius 1 is 0.621 bits per heavy atom. The second-order valence-corrected chi connectivity index (χ2v) is 37.4. The van der Waals surface area contributed by atoms with E-state index < -0.39 is 110 Å². The van der Waals surface area contributed by atoms with Gasteiger partial charge in [-0.1, -0.05) is 62.9 Å². The lowest BCUT2D eigenvalue weighted by molar-refractivity contribution is -0.117. The third-order valence-corrected chi connectivity index (χ3v) is 26.1. The number of ketones is 3. The first-order valence-corrected chi connectivity index (χ1v) is 44.5. The number of anilines is 3. The number of alkyl halides is 2. The SMILES string of the molecule is Cc1sc(C(=O)c2cncnc2N[C@@H]2C[C@H](COS(N)(=O)=O)[C@@H](O)C2)cc1C1OCC(F)(F)c2ccc(Cl)nc21.NS(=O)(=O)OC[C@H]1C[C@@H](Nc2ncncc2C(=O)c2cc(C3NCCc4ccc(Br)cc43)c(Cl)s2)[C@H](O)[C@@H]1O.NS(=O)(=O)OC[C@H]1C[C@@H](Nc2ncncc2C(=O)c2cc(C3OCCc4ccc(Cl)cc43)cs2)C[C@@H]1O. The molecule has 9 aromatic rings. The number of hydrogen-bond acceptors (Lipinski definition) is 32. The molecule has 32 nitrogen and oxygen atoms in total. The van der Waals surface area contributed by atoms with Gasteiger partial charge in [-0.05, 0) is 140 Å². The molecule has 3 aliphatic heterocycles. The average molecular weight is 1840 g/mol. The van der Waals surface area contributed by atoms with Crippen molar-refractivity contribution >= 4 is 150 Å². The van der Waals surface area contributed by atoms with Gasteiger partial charge in [-0.2, -0.15) is 34.0 Å². The van der Waals surface area contributed by atoms with Crippen molar-refractivity contribution in [2.75, 3.05) is 55.5 Å². The van der Waals surface area contributed by atoms with Crippen molar-refractivity contribution in [3.63, 3.8) is 0 Å². The summed E-state index contributed by atoms with van der Waals surface area (Å²) in [6.45, 7) is 1.37. The molecule has 3 fully saturated rings. The van der Waals surface area contributed by atoms with Gasteiger partial charge in [-0.25, -0.2) is 50.3 Å². The number of carbonyl (C=O) groups excluding carboxylic acids is 3. The molecule has 0 bridgehead atoms. The van der Waals surface area contributed by atoms with Crippen LogP contribution in [0.5, 0.6) is 0 Å². The molecular formula is C72H74BrCl3F2N14O18S6. The van der Waals surface area contributed by atoms with E-state index in [4.69, 9.17) is 59.7 Å². The number of aryl methyl sites for hydroxylation is 1. The number of nitrogens with two attached hydrogens (primary N) is 3. The van der Waals surface area contributed by atoms with Crippen LogP contribution in [-0.4, -0.2) is 180 Å². The van der Waals surface area contributed by atoms with Crippen LogP contribution in [0.3, 0.4) is 0 Å². The van der Waals surface area contributed by atoms with Gasteiger partial charge >= 0.3 is 30.9 Å². The summed E-state index contributed by atoms with van der Waals surface area (Å²) in [6.07, 6.45) is 5.81. The highest BCUT2D eigenvalue weighted by Gasteiger charge is 2.46. The first kappa shape index (κ1) is 86.7. The second kappa shape index (κ2) is 36.4. The van der Waals surface area contributed by atoms with Crippen molar-refractivity contribution in [2.24, 2.45) is 33.2 Å². The lowest BCUT2D eigenvalue weighted by Gasteiger charge is -2.30. The van der Waals surface area contributed by atoms with Crippen LogP contribution in [0, 0.1) is 24.7 Å². The fourth-order valence-corrected chi connectivity index (χ4v) is 19.7. The number of fused-ring (bicyclic) bond motifs is 3. The molecule has 44 heteroatoms. The molecule has 0 amide bonds. The molecule has 7 aromatic heterocycles. The third kappa shape index (κ3) is 20.8. The number of nitrogens with one attached hydrogen (secondary N) is 4. The summed E-state index contributed by atoms with van der Waals surface area (Å²) in [5, 5.41) is 71.7. The van der Waals surface area contributed by atoms with E-state index >= 15 is 0 Å². The molecule has 14 N–H and O–H groups in total. The van der Waals surface area contributed by atoms with E-state index in [1.807, 2.05) is 35.7 Å². The van der Waals surface area contributed by atoms with Gasteiger partial charge in [0, 0.05) is 86.0 Å². The van der Waals surface area contributed by atoms with E-state index in [-0.39, 0.29) is 101 Å². The summed E-state index contributed by atoms with van der Waals surface area (Å²) < 4.78 is 123. The topological polar surface area (TPSA) is 497 Å². The van der Waals surface area contributed by atoms with E-state index in [2.05, 4.69) is 96.8 Å². The Morgan fingerprint density at radius 3 is 1.76 bits per heavy atom. The predicted molar refractivity (Wildman–Crippen MR) is 428 cm³/mol. The van der Waals surface area contributed by atoms with Gasteiger partial charge in [0.1, 0.15) is 66.5 Å².